The first-order valence-corrected chi connectivity index (χ1v) is 5.29. The molecule has 2 rings (SSSR count). The van der Waals surface area contributed by atoms with Gasteiger partial charge >= 0.3 is 0 Å². The van der Waals surface area contributed by atoms with Gasteiger partial charge in [-0.25, -0.2) is 9.97 Å². The van der Waals surface area contributed by atoms with E-state index in [0.717, 1.165) is 17.1 Å². The van der Waals surface area contributed by atoms with Crippen molar-refractivity contribution in [3.63, 3.8) is 0 Å². The minimum Gasteiger partial charge on any atom is -0.242 e. The van der Waals surface area contributed by atoms with E-state index in [0.29, 0.717) is 5.92 Å². The van der Waals surface area contributed by atoms with Crippen molar-refractivity contribution in [1.82, 2.24) is 9.97 Å². The van der Waals surface area contributed by atoms with Crippen LogP contribution in [0.15, 0.2) is 12.3 Å². The van der Waals surface area contributed by atoms with E-state index < -0.39 is 0 Å². The molecular formula is C9H11BrN2. The van der Waals surface area contributed by atoms with Crippen LogP contribution in [0.4, 0.5) is 0 Å². The fourth-order valence-corrected chi connectivity index (χ4v) is 2.18. The van der Waals surface area contributed by atoms with Crippen molar-refractivity contribution in [3.8, 4) is 0 Å². The minimum absolute atomic E-state index is 0.686. The van der Waals surface area contributed by atoms with Crippen molar-refractivity contribution < 1.29 is 0 Å². The molecule has 1 aromatic rings. The summed E-state index contributed by atoms with van der Waals surface area (Å²) in [6.45, 7) is 1.94. The summed E-state index contributed by atoms with van der Waals surface area (Å²) >= 11 is 3.49. The number of aromatic nitrogens is 2. The Labute approximate surface area is 80.6 Å². The maximum atomic E-state index is 4.40. The third-order valence-corrected chi connectivity index (χ3v) is 3.13. The van der Waals surface area contributed by atoms with E-state index >= 15 is 0 Å². The van der Waals surface area contributed by atoms with Crippen molar-refractivity contribution in [2.75, 3.05) is 5.33 Å². The maximum absolute atomic E-state index is 4.40. The smallest absolute Gasteiger partial charge is 0.125 e. The highest BCUT2D eigenvalue weighted by Crippen LogP contribution is 2.47. The average Bonchev–Trinajstić information content (AvgIpc) is 2.83. The number of hydrogen-bond donors (Lipinski definition) is 0. The average molecular weight is 227 g/mol. The van der Waals surface area contributed by atoms with E-state index in [-0.39, 0.29) is 0 Å². The summed E-state index contributed by atoms with van der Waals surface area (Å²) in [5.41, 5.74) is 1.21. The highest BCUT2D eigenvalue weighted by molar-refractivity contribution is 9.09. The van der Waals surface area contributed by atoms with Gasteiger partial charge in [0.25, 0.3) is 0 Å². The van der Waals surface area contributed by atoms with Gasteiger partial charge in [0, 0.05) is 23.1 Å². The molecule has 1 aromatic heterocycles. The Hall–Kier alpha value is -0.440. The fraction of sp³-hybridized carbons (Fsp3) is 0.556. The predicted molar refractivity (Wildman–Crippen MR) is 51.4 cm³/mol. The molecule has 12 heavy (non-hydrogen) atoms. The van der Waals surface area contributed by atoms with Crippen LogP contribution in [-0.4, -0.2) is 15.3 Å². The molecule has 0 aliphatic heterocycles. The SMILES string of the molecule is Cc1nccc(C2CC2CBr)n1. The topological polar surface area (TPSA) is 25.8 Å². The lowest BCUT2D eigenvalue weighted by Crippen LogP contribution is -1.93. The molecule has 1 heterocycles. The van der Waals surface area contributed by atoms with Gasteiger partial charge in [0.1, 0.15) is 5.82 Å². The zero-order chi connectivity index (χ0) is 8.55. The van der Waals surface area contributed by atoms with Gasteiger partial charge in [-0.3, -0.25) is 0 Å². The molecule has 2 atom stereocenters. The summed E-state index contributed by atoms with van der Waals surface area (Å²) in [6.07, 6.45) is 3.13. The van der Waals surface area contributed by atoms with E-state index in [1.807, 2.05) is 19.2 Å². The summed E-state index contributed by atoms with van der Waals surface area (Å²) < 4.78 is 0. The van der Waals surface area contributed by atoms with Crippen LogP contribution in [0.3, 0.4) is 0 Å². The molecule has 1 fully saturated rings. The largest absolute Gasteiger partial charge is 0.242 e. The van der Waals surface area contributed by atoms with E-state index in [9.17, 15) is 0 Å². The summed E-state index contributed by atoms with van der Waals surface area (Å²) in [7, 11) is 0. The van der Waals surface area contributed by atoms with Gasteiger partial charge in [0.05, 0.1) is 0 Å². The van der Waals surface area contributed by atoms with Crippen LogP contribution in [0.1, 0.15) is 23.9 Å². The lowest BCUT2D eigenvalue weighted by molar-refractivity contribution is 0.874. The van der Waals surface area contributed by atoms with E-state index in [1.165, 1.54) is 12.1 Å². The van der Waals surface area contributed by atoms with Gasteiger partial charge in [-0.05, 0) is 25.3 Å². The second-order valence-corrected chi connectivity index (χ2v) is 3.93. The molecule has 0 N–H and O–H groups in total. The van der Waals surface area contributed by atoms with Crippen molar-refractivity contribution in [2.24, 2.45) is 5.92 Å². The molecule has 0 bridgehead atoms. The van der Waals surface area contributed by atoms with Crippen molar-refractivity contribution in [3.05, 3.63) is 23.8 Å². The molecule has 0 amide bonds. The monoisotopic (exact) mass is 226 g/mol. The molecule has 2 nitrogen and oxygen atoms in total. The van der Waals surface area contributed by atoms with Crippen LogP contribution in [0.5, 0.6) is 0 Å². The molecule has 2 unspecified atom stereocenters. The normalized spacial score (nSPS) is 27.2. The number of halogens is 1. The quantitative estimate of drug-likeness (QED) is 0.724. The van der Waals surface area contributed by atoms with Gasteiger partial charge in [-0.1, -0.05) is 15.9 Å². The molecular weight excluding hydrogens is 216 g/mol. The fourth-order valence-electron chi connectivity index (χ4n) is 1.46. The standard InChI is InChI=1S/C9H11BrN2/c1-6-11-3-2-9(12-6)8-4-7(8)5-10/h2-3,7-8H,4-5H2,1H3. The summed E-state index contributed by atoms with van der Waals surface area (Å²) in [5.74, 6) is 2.37. The highest BCUT2D eigenvalue weighted by atomic mass is 79.9. The van der Waals surface area contributed by atoms with Crippen LogP contribution < -0.4 is 0 Å². The summed E-state index contributed by atoms with van der Waals surface area (Å²) in [6, 6.07) is 2.03. The summed E-state index contributed by atoms with van der Waals surface area (Å²) in [4.78, 5) is 8.48. The predicted octanol–water partition coefficient (Wildman–Crippen LogP) is 2.28. The van der Waals surface area contributed by atoms with Gasteiger partial charge in [-0.2, -0.15) is 0 Å². The number of hydrogen-bond acceptors (Lipinski definition) is 2. The van der Waals surface area contributed by atoms with Gasteiger partial charge in [-0.15, -0.1) is 0 Å². The third-order valence-electron chi connectivity index (χ3n) is 2.30. The van der Waals surface area contributed by atoms with Gasteiger partial charge in [0.2, 0.25) is 0 Å². The number of aryl methyl sites for hydroxylation is 1. The Balaban J connectivity index is 2.14. The van der Waals surface area contributed by atoms with Crippen LogP contribution in [0.25, 0.3) is 0 Å². The molecule has 0 aromatic carbocycles. The Bertz CT molecular complexity index is 288. The molecule has 64 valence electrons. The first-order valence-electron chi connectivity index (χ1n) is 4.17. The molecule has 1 aliphatic carbocycles. The zero-order valence-electron chi connectivity index (χ0n) is 7.00. The number of rotatable bonds is 2. The maximum Gasteiger partial charge on any atom is 0.125 e. The zero-order valence-corrected chi connectivity index (χ0v) is 8.58. The Kier molecular flexibility index (Phi) is 2.13. The molecule has 0 radical (unpaired) electrons. The van der Waals surface area contributed by atoms with Crippen LogP contribution in [0, 0.1) is 12.8 Å². The van der Waals surface area contributed by atoms with Crippen LogP contribution in [-0.2, 0) is 0 Å². The molecule has 0 spiro atoms. The van der Waals surface area contributed by atoms with E-state index in [1.54, 1.807) is 0 Å². The summed E-state index contributed by atoms with van der Waals surface area (Å²) in [5, 5.41) is 1.10. The Morgan fingerprint density at radius 2 is 2.50 bits per heavy atom. The van der Waals surface area contributed by atoms with Crippen molar-refractivity contribution in [1.29, 1.82) is 0 Å². The number of alkyl halides is 1. The Morgan fingerprint density at radius 3 is 3.08 bits per heavy atom. The van der Waals surface area contributed by atoms with E-state index in [2.05, 4.69) is 25.9 Å². The lowest BCUT2D eigenvalue weighted by Gasteiger charge is -1.97. The highest BCUT2D eigenvalue weighted by Gasteiger charge is 2.38. The molecule has 1 saturated carbocycles. The lowest BCUT2D eigenvalue weighted by atomic mass is 10.2. The first kappa shape index (κ1) is 8.17. The van der Waals surface area contributed by atoms with E-state index in [4.69, 9.17) is 0 Å². The van der Waals surface area contributed by atoms with Crippen LogP contribution in [0.2, 0.25) is 0 Å². The molecule has 1 aliphatic rings. The Morgan fingerprint density at radius 1 is 1.67 bits per heavy atom. The number of nitrogens with zero attached hydrogens (tertiary/aromatic N) is 2. The second kappa shape index (κ2) is 3.13. The second-order valence-electron chi connectivity index (χ2n) is 3.29. The van der Waals surface area contributed by atoms with Gasteiger partial charge in [0.15, 0.2) is 0 Å². The van der Waals surface area contributed by atoms with Crippen molar-refractivity contribution in [2.45, 2.75) is 19.3 Å². The molecule has 3 heteroatoms. The molecule has 0 saturated heterocycles. The first-order chi connectivity index (χ1) is 5.81. The van der Waals surface area contributed by atoms with Gasteiger partial charge < -0.3 is 0 Å². The minimum atomic E-state index is 0.686. The van der Waals surface area contributed by atoms with Crippen LogP contribution >= 0.6 is 15.9 Å². The van der Waals surface area contributed by atoms with Crippen molar-refractivity contribution >= 4 is 15.9 Å². The third kappa shape index (κ3) is 1.51.